The quantitative estimate of drug-likeness (QED) is 0.794. The van der Waals surface area contributed by atoms with Crippen molar-refractivity contribution in [2.24, 2.45) is 4.99 Å². The summed E-state index contributed by atoms with van der Waals surface area (Å²) in [6.45, 7) is 0.566. The van der Waals surface area contributed by atoms with E-state index in [0.29, 0.717) is 17.9 Å². The smallest absolute Gasteiger partial charge is 0.124 e. The number of nitrogens with zero attached hydrogens (tertiary/aromatic N) is 2. The minimum absolute atomic E-state index is 0.115. The zero-order valence-electron chi connectivity index (χ0n) is 14.6. The van der Waals surface area contributed by atoms with Crippen molar-refractivity contribution in [1.82, 2.24) is 4.90 Å². The van der Waals surface area contributed by atoms with E-state index in [9.17, 15) is 5.11 Å². The average molecular weight is 328 g/mol. The fraction of sp³-hybridized carbons (Fsp3) is 0.316. The molecule has 2 aromatic carbocycles. The Morgan fingerprint density at radius 1 is 1.08 bits per heavy atom. The summed E-state index contributed by atoms with van der Waals surface area (Å²) in [5, 5.41) is 9.92. The Hall–Kier alpha value is -2.53. The minimum Gasteiger partial charge on any atom is -0.507 e. The van der Waals surface area contributed by atoms with Crippen LogP contribution in [-0.2, 0) is 0 Å². The maximum Gasteiger partial charge on any atom is 0.124 e. The molecule has 0 bridgehead atoms. The van der Waals surface area contributed by atoms with Crippen molar-refractivity contribution in [3.05, 3.63) is 53.6 Å². The second kappa shape index (κ2) is 8.36. The highest BCUT2D eigenvalue weighted by atomic mass is 16.5. The van der Waals surface area contributed by atoms with Crippen molar-refractivity contribution in [3.63, 3.8) is 0 Å². The highest BCUT2D eigenvalue weighted by molar-refractivity contribution is 5.84. The number of phenolic OH excluding ortho intramolecular Hbond substituents is 1. The molecule has 0 unspecified atom stereocenters. The van der Waals surface area contributed by atoms with E-state index in [1.54, 1.807) is 38.6 Å². The van der Waals surface area contributed by atoms with Gasteiger partial charge >= 0.3 is 0 Å². The van der Waals surface area contributed by atoms with Gasteiger partial charge < -0.3 is 19.5 Å². The Morgan fingerprint density at radius 3 is 2.46 bits per heavy atom. The number of likely N-dealkylation sites (N-methyl/N-ethyl adjacent to an activating group) is 1. The maximum atomic E-state index is 9.92. The van der Waals surface area contributed by atoms with Crippen molar-refractivity contribution in [3.8, 4) is 17.2 Å². The van der Waals surface area contributed by atoms with Crippen molar-refractivity contribution >= 4 is 6.21 Å². The molecular weight excluding hydrogens is 304 g/mol. The molecule has 0 spiro atoms. The highest BCUT2D eigenvalue weighted by Crippen LogP contribution is 2.24. The molecule has 24 heavy (non-hydrogen) atoms. The van der Waals surface area contributed by atoms with Crippen LogP contribution in [0.1, 0.15) is 17.2 Å². The molecule has 0 aliphatic rings. The third-order valence-electron chi connectivity index (χ3n) is 3.85. The lowest BCUT2D eigenvalue weighted by Crippen LogP contribution is -2.22. The zero-order chi connectivity index (χ0) is 17.5. The van der Waals surface area contributed by atoms with Crippen LogP contribution in [0.3, 0.4) is 0 Å². The van der Waals surface area contributed by atoms with E-state index >= 15 is 0 Å². The number of benzene rings is 2. The first-order valence-electron chi connectivity index (χ1n) is 7.72. The number of ether oxygens (including phenoxy) is 2. The molecule has 0 aliphatic heterocycles. The number of phenols is 1. The first-order valence-corrected chi connectivity index (χ1v) is 7.72. The van der Waals surface area contributed by atoms with Gasteiger partial charge in [0.1, 0.15) is 17.2 Å². The molecule has 2 aromatic rings. The number of aliphatic imine (C=N–C) groups is 1. The van der Waals surface area contributed by atoms with Crippen LogP contribution in [0.15, 0.2) is 47.5 Å². The summed E-state index contributed by atoms with van der Waals surface area (Å²) in [6.07, 6.45) is 1.68. The van der Waals surface area contributed by atoms with Crippen molar-refractivity contribution in [1.29, 1.82) is 0 Å². The summed E-state index contributed by atoms with van der Waals surface area (Å²) in [5.41, 5.74) is 1.77. The second-order valence-corrected chi connectivity index (χ2v) is 5.68. The van der Waals surface area contributed by atoms with E-state index < -0.39 is 0 Å². The van der Waals surface area contributed by atoms with Crippen LogP contribution in [0, 0.1) is 0 Å². The van der Waals surface area contributed by atoms with Gasteiger partial charge in [-0.25, -0.2) is 0 Å². The summed E-state index contributed by atoms with van der Waals surface area (Å²) >= 11 is 0. The van der Waals surface area contributed by atoms with Gasteiger partial charge in [-0.15, -0.1) is 0 Å². The van der Waals surface area contributed by atoms with Gasteiger partial charge in [-0.05, 0) is 50.0 Å². The summed E-state index contributed by atoms with van der Waals surface area (Å²) in [6, 6.07) is 13.2. The molecule has 0 fully saturated rings. The van der Waals surface area contributed by atoms with Crippen LogP contribution in [0.5, 0.6) is 17.2 Å². The van der Waals surface area contributed by atoms with E-state index in [1.807, 2.05) is 32.3 Å². The molecule has 0 aliphatic carbocycles. The van der Waals surface area contributed by atoms with Crippen LogP contribution in [0.2, 0.25) is 0 Å². The minimum atomic E-state index is 0.115. The van der Waals surface area contributed by atoms with E-state index in [4.69, 9.17) is 9.47 Å². The second-order valence-electron chi connectivity index (χ2n) is 5.68. The molecule has 0 heterocycles. The fourth-order valence-electron chi connectivity index (χ4n) is 2.43. The molecule has 128 valence electrons. The van der Waals surface area contributed by atoms with Crippen molar-refractivity contribution in [2.75, 3.05) is 34.9 Å². The zero-order valence-corrected chi connectivity index (χ0v) is 14.6. The molecule has 2 rings (SSSR count). The molecule has 0 radical (unpaired) electrons. The highest BCUT2D eigenvalue weighted by Gasteiger charge is 2.14. The van der Waals surface area contributed by atoms with Crippen molar-refractivity contribution < 1.29 is 14.6 Å². The Kier molecular flexibility index (Phi) is 6.21. The number of hydrogen-bond acceptors (Lipinski definition) is 5. The molecule has 0 saturated carbocycles. The molecule has 0 amide bonds. The molecule has 1 N–H and O–H groups in total. The lowest BCUT2D eigenvalue weighted by Gasteiger charge is -2.23. The monoisotopic (exact) mass is 328 g/mol. The summed E-state index contributed by atoms with van der Waals surface area (Å²) in [4.78, 5) is 6.62. The molecule has 0 aromatic heterocycles. The summed E-state index contributed by atoms with van der Waals surface area (Å²) in [5.74, 6) is 1.70. The van der Waals surface area contributed by atoms with Crippen molar-refractivity contribution in [2.45, 2.75) is 6.04 Å². The third kappa shape index (κ3) is 4.49. The van der Waals surface area contributed by atoms with Gasteiger partial charge in [-0.1, -0.05) is 12.1 Å². The topological polar surface area (TPSA) is 54.3 Å². The SMILES string of the molecule is COc1cccc([C@@H](CN=Cc2cc(OC)ccc2O)N(C)C)c1. The molecule has 5 nitrogen and oxygen atoms in total. The average Bonchev–Trinajstić information content (AvgIpc) is 2.59. The molecule has 1 atom stereocenters. The third-order valence-corrected chi connectivity index (χ3v) is 3.85. The Labute approximate surface area is 143 Å². The number of rotatable bonds is 7. The Bertz CT molecular complexity index is 699. The van der Waals surface area contributed by atoms with Gasteiger partial charge in [-0.2, -0.15) is 0 Å². The molecule has 5 heteroatoms. The van der Waals surface area contributed by atoms with Gasteiger partial charge in [-0.3, -0.25) is 4.99 Å². The lowest BCUT2D eigenvalue weighted by molar-refractivity contribution is 0.305. The van der Waals surface area contributed by atoms with Gasteiger partial charge in [0, 0.05) is 11.8 Å². The van der Waals surface area contributed by atoms with Crippen LogP contribution in [0.25, 0.3) is 0 Å². The van der Waals surface area contributed by atoms with Crippen LogP contribution in [0.4, 0.5) is 0 Å². The predicted octanol–water partition coefficient (Wildman–Crippen LogP) is 3.13. The van der Waals surface area contributed by atoms with Gasteiger partial charge in [0.2, 0.25) is 0 Å². The van der Waals surface area contributed by atoms with Crippen LogP contribution >= 0.6 is 0 Å². The van der Waals surface area contributed by atoms with E-state index in [-0.39, 0.29) is 11.8 Å². The molecule has 0 saturated heterocycles. The fourth-order valence-corrected chi connectivity index (χ4v) is 2.43. The number of aromatic hydroxyl groups is 1. The maximum absolute atomic E-state index is 9.92. The first kappa shape index (κ1) is 17.8. The summed E-state index contributed by atoms with van der Waals surface area (Å²) < 4.78 is 10.5. The van der Waals surface area contributed by atoms with Gasteiger partial charge in [0.15, 0.2) is 0 Å². The molecular formula is C19H24N2O3. The number of methoxy groups -OCH3 is 2. The first-order chi connectivity index (χ1) is 11.5. The van der Waals surface area contributed by atoms with E-state index in [0.717, 1.165) is 11.3 Å². The van der Waals surface area contributed by atoms with E-state index in [2.05, 4.69) is 16.0 Å². The largest absolute Gasteiger partial charge is 0.507 e. The lowest BCUT2D eigenvalue weighted by atomic mass is 10.1. The van der Waals surface area contributed by atoms with Crippen LogP contribution in [-0.4, -0.2) is 51.1 Å². The van der Waals surface area contributed by atoms with Crippen LogP contribution < -0.4 is 9.47 Å². The predicted molar refractivity (Wildman–Crippen MR) is 96.5 cm³/mol. The number of hydrogen-bond donors (Lipinski definition) is 1. The van der Waals surface area contributed by atoms with Gasteiger partial charge in [0.05, 0.1) is 26.8 Å². The standard InChI is InChI=1S/C19H24N2O3/c1-21(2)18(14-6-5-7-16(10-14)23-3)13-20-12-15-11-17(24-4)8-9-19(15)22/h5-12,18,22H,13H2,1-4H3/t18-/m1/s1. The summed E-state index contributed by atoms with van der Waals surface area (Å²) in [7, 11) is 7.29. The normalized spacial score (nSPS) is 12.5. The van der Waals surface area contributed by atoms with Gasteiger partial charge in [0.25, 0.3) is 0 Å². The Morgan fingerprint density at radius 2 is 1.79 bits per heavy atom. The Balaban J connectivity index is 2.17. The van der Waals surface area contributed by atoms with E-state index in [1.165, 1.54) is 0 Å².